The molecule has 1 aromatic carbocycles. The van der Waals surface area contributed by atoms with Gasteiger partial charge >= 0.3 is 0 Å². The second-order valence-electron chi connectivity index (χ2n) is 4.96. The van der Waals surface area contributed by atoms with Crippen LogP contribution < -0.4 is 5.32 Å². The van der Waals surface area contributed by atoms with Gasteiger partial charge in [0, 0.05) is 25.5 Å². The average molecular weight is 303 g/mol. The van der Waals surface area contributed by atoms with Crippen molar-refractivity contribution in [1.82, 2.24) is 14.9 Å². The third-order valence-electron chi connectivity index (χ3n) is 3.26. The number of carbonyl (C=O) groups excluding carboxylic acids is 1. The highest BCUT2D eigenvalue weighted by Gasteiger charge is 2.16. The largest absolute Gasteiger partial charge is 0.351 e. The second-order valence-corrected chi connectivity index (χ2v) is 6.27. The molecule has 2 aromatic rings. The van der Waals surface area contributed by atoms with Gasteiger partial charge in [-0.2, -0.15) is 0 Å². The van der Waals surface area contributed by atoms with Crippen LogP contribution in [0.1, 0.15) is 25.0 Å². The van der Waals surface area contributed by atoms with Gasteiger partial charge in [-0.3, -0.25) is 4.79 Å². The molecule has 4 nitrogen and oxygen atoms in total. The quantitative estimate of drug-likeness (QED) is 0.835. The maximum Gasteiger partial charge on any atom is 0.233 e. The molecule has 1 N–H and O–H groups in total. The van der Waals surface area contributed by atoms with E-state index in [0.717, 1.165) is 17.3 Å². The summed E-state index contributed by atoms with van der Waals surface area (Å²) < 4.78 is 2.04. The summed E-state index contributed by atoms with van der Waals surface area (Å²) in [5.41, 5.74) is 2.33. The van der Waals surface area contributed by atoms with Crippen LogP contribution in [0.3, 0.4) is 0 Å². The van der Waals surface area contributed by atoms with Gasteiger partial charge in [0.25, 0.3) is 0 Å². The molecular formula is C16H21N3OS. The Labute approximate surface area is 130 Å². The van der Waals surface area contributed by atoms with E-state index in [1.807, 2.05) is 29.8 Å². The lowest BCUT2D eigenvalue weighted by atomic mass is 10.1. The first kappa shape index (κ1) is 15.6. The number of carbonyl (C=O) groups is 1. The van der Waals surface area contributed by atoms with E-state index in [-0.39, 0.29) is 11.2 Å². The molecule has 0 aliphatic rings. The van der Waals surface area contributed by atoms with E-state index in [9.17, 15) is 4.79 Å². The predicted octanol–water partition coefficient (Wildman–Crippen LogP) is 3.01. The summed E-state index contributed by atoms with van der Waals surface area (Å²) in [4.78, 5) is 16.4. The first-order valence-corrected chi connectivity index (χ1v) is 7.99. The Balaban J connectivity index is 1.86. The highest BCUT2D eigenvalue weighted by atomic mass is 32.2. The van der Waals surface area contributed by atoms with Crippen LogP contribution in [0, 0.1) is 6.92 Å². The molecule has 0 saturated carbocycles. The van der Waals surface area contributed by atoms with E-state index in [4.69, 9.17) is 0 Å². The average Bonchev–Trinajstić information content (AvgIpc) is 2.93. The molecule has 0 radical (unpaired) electrons. The topological polar surface area (TPSA) is 46.9 Å². The summed E-state index contributed by atoms with van der Waals surface area (Å²) in [6, 6.07) is 8.18. The van der Waals surface area contributed by atoms with Gasteiger partial charge in [-0.25, -0.2) is 4.98 Å². The van der Waals surface area contributed by atoms with Gasteiger partial charge in [0.05, 0.1) is 5.25 Å². The number of hydrogen-bond donors (Lipinski definition) is 1. The normalized spacial score (nSPS) is 12.1. The van der Waals surface area contributed by atoms with Crippen LogP contribution in [-0.2, 0) is 17.9 Å². The molecule has 2 rings (SSSR count). The van der Waals surface area contributed by atoms with Crippen LogP contribution in [0.2, 0.25) is 0 Å². The fourth-order valence-corrected chi connectivity index (χ4v) is 2.86. The van der Waals surface area contributed by atoms with Gasteiger partial charge in [-0.05, 0) is 26.3 Å². The zero-order valence-electron chi connectivity index (χ0n) is 12.7. The zero-order valence-corrected chi connectivity index (χ0v) is 13.5. The molecule has 0 aliphatic heterocycles. The number of rotatable bonds is 6. The van der Waals surface area contributed by atoms with Crippen molar-refractivity contribution in [2.24, 2.45) is 0 Å². The lowest BCUT2D eigenvalue weighted by Crippen LogP contribution is -2.30. The summed E-state index contributed by atoms with van der Waals surface area (Å²) in [7, 11) is 0. The number of nitrogens with one attached hydrogen (secondary N) is 1. The molecule has 112 valence electrons. The minimum atomic E-state index is -0.164. The van der Waals surface area contributed by atoms with Crippen molar-refractivity contribution in [3.8, 4) is 0 Å². The van der Waals surface area contributed by atoms with Gasteiger partial charge < -0.3 is 9.88 Å². The van der Waals surface area contributed by atoms with E-state index in [1.165, 1.54) is 17.3 Å². The van der Waals surface area contributed by atoms with E-state index in [2.05, 4.69) is 36.3 Å². The molecule has 0 fully saturated rings. The molecule has 5 heteroatoms. The van der Waals surface area contributed by atoms with Crippen LogP contribution in [0.25, 0.3) is 0 Å². The van der Waals surface area contributed by atoms with Crippen molar-refractivity contribution in [1.29, 1.82) is 0 Å². The fourth-order valence-electron chi connectivity index (χ4n) is 1.90. The number of benzene rings is 1. The number of imidazole rings is 1. The molecule has 1 heterocycles. The highest BCUT2D eigenvalue weighted by Crippen LogP contribution is 2.21. The van der Waals surface area contributed by atoms with Crippen molar-refractivity contribution in [3.63, 3.8) is 0 Å². The number of hydrogen-bond acceptors (Lipinski definition) is 3. The Morgan fingerprint density at radius 1 is 1.38 bits per heavy atom. The Hall–Kier alpha value is -1.75. The van der Waals surface area contributed by atoms with Gasteiger partial charge in [-0.15, -0.1) is 0 Å². The van der Waals surface area contributed by atoms with Crippen molar-refractivity contribution in [2.75, 3.05) is 0 Å². The lowest BCUT2D eigenvalue weighted by molar-refractivity contribution is -0.120. The van der Waals surface area contributed by atoms with Gasteiger partial charge in [-0.1, -0.05) is 41.6 Å². The molecule has 0 saturated heterocycles. The number of aryl methyl sites for hydroxylation is 2. The summed E-state index contributed by atoms with van der Waals surface area (Å²) in [5, 5.41) is 3.69. The van der Waals surface area contributed by atoms with Crippen molar-refractivity contribution in [2.45, 2.75) is 44.3 Å². The Kier molecular flexibility index (Phi) is 5.44. The predicted molar refractivity (Wildman–Crippen MR) is 86.2 cm³/mol. The van der Waals surface area contributed by atoms with Crippen molar-refractivity contribution < 1.29 is 4.79 Å². The first-order valence-electron chi connectivity index (χ1n) is 7.11. The molecule has 0 aliphatic carbocycles. The minimum absolute atomic E-state index is 0.0335. The zero-order chi connectivity index (χ0) is 15.2. The van der Waals surface area contributed by atoms with Crippen molar-refractivity contribution in [3.05, 3.63) is 47.8 Å². The Morgan fingerprint density at radius 2 is 2.10 bits per heavy atom. The molecule has 0 bridgehead atoms. The number of aromatic nitrogens is 2. The molecule has 1 atom stereocenters. The number of amides is 1. The summed E-state index contributed by atoms with van der Waals surface area (Å²) in [6.07, 6.45) is 3.70. The second kappa shape index (κ2) is 7.31. The van der Waals surface area contributed by atoms with Gasteiger partial charge in [0.2, 0.25) is 5.91 Å². The van der Waals surface area contributed by atoms with E-state index < -0.39 is 0 Å². The van der Waals surface area contributed by atoms with Crippen molar-refractivity contribution >= 4 is 17.7 Å². The monoisotopic (exact) mass is 303 g/mol. The Bertz CT molecular complexity index is 592. The summed E-state index contributed by atoms with van der Waals surface area (Å²) in [5.74, 6) is 0.0335. The van der Waals surface area contributed by atoms with Crippen LogP contribution in [0.4, 0.5) is 0 Å². The maximum absolute atomic E-state index is 12.1. The standard InChI is InChI=1S/C16H21N3OS/c1-4-19-10-9-17-16(19)21-13(3)15(20)18-11-14-7-5-12(2)6-8-14/h5-10,13H,4,11H2,1-3H3,(H,18,20). The molecular weight excluding hydrogens is 282 g/mol. The molecule has 1 aromatic heterocycles. The lowest BCUT2D eigenvalue weighted by Gasteiger charge is -2.12. The molecule has 1 unspecified atom stereocenters. The fraction of sp³-hybridized carbons (Fsp3) is 0.375. The first-order chi connectivity index (χ1) is 10.1. The smallest absolute Gasteiger partial charge is 0.233 e. The van der Waals surface area contributed by atoms with Gasteiger partial charge in [0.1, 0.15) is 0 Å². The minimum Gasteiger partial charge on any atom is -0.351 e. The molecule has 21 heavy (non-hydrogen) atoms. The van der Waals surface area contributed by atoms with Gasteiger partial charge in [0.15, 0.2) is 5.16 Å². The maximum atomic E-state index is 12.1. The van der Waals surface area contributed by atoms with Crippen LogP contribution in [0.5, 0.6) is 0 Å². The SMILES string of the molecule is CCn1ccnc1SC(C)C(=O)NCc1ccc(C)cc1. The van der Waals surface area contributed by atoms with Crippen LogP contribution in [0.15, 0.2) is 41.8 Å². The third kappa shape index (κ3) is 4.36. The number of thioether (sulfide) groups is 1. The van der Waals surface area contributed by atoms with E-state index in [1.54, 1.807) is 6.20 Å². The van der Waals surface area contributed by atoms with Crippen LogP contribution in [-0.4, -0.2) is 20.7 Å². The van der Waals surface area contributed by atoms with Crippen LogP contribution >= 0.6 is 11.8 Å². The third-order valence-corrected chi connectivity index (χ3v) is 4.38. The summed E-state index contributed by atoms with van der Waals surface area (Å²) in [6.45, 7) is 7.45. The van der Waals surface area contributed by atoms with E-state index in [0.29, 0.717) is 6.54 Å². The number of nitrogens with zero attached hydrogens (tertiary/aromatic N) is 2. The summed E-state index contributed by atoms with van der Waals surface area (Å²) >= 11 is 1.49. The molecule has 1 amide bonds. The molecule has 0 spiro atoms. The Morgan fingerprint density at radius 3 is 2.76 bits per heavy atom. The van der Waals surface area contributed by atoms with E-state index >= 15 is 0 Å². The highest BCUT2D eigenvalue weighted by molar-refractivity contribution is 8.00.